The summed E-state index contributed by atoms with van der Waals surface area (Å²) in [6.45, 7) is 1.34. The van der Waals surface area contributed by atoms with E-state index < -0.39 is 16.7 Å². The second kappa shape index (κ2) is 9.88. The van der Waals surface area contributed by atoms with Crippen LogP contribution >= 0.6 is 0 Å². The number of aromatic nitrogens is 3. The van der Waals surface area contributed by atoms with Crippen molar-refractivity contribution in [3.8, 4) is 0 Å². The van der Waals surface area contributed by atoms with Gasteiger partial charge in [-0.3, -0.25) is 4.31 Å². The topological polar surface area (TPSA) is 126 Å². The molecule has 0 unspecified atom stereocenters. The number of nitrogens with zero attached hydrogens (tertiary/aromatic N) is 4. The first kappa shape index (κ1) is 23.4. The van der Waals surface area contributed by atoms with Gasteiger partial charge in [-0.15, -0.1) is 0 Å². The quantitative estimate of drug-likeness (QED) is 0.446. The fourth-order valence-corrected chi connectivity index (χ4v) is 3.38. The second-order valence-electron chi connectivity index (χ2n) is 7.31. The summed E-state index contributed by atoms with van der Waals surface area (Å²) < 4.78 is 38.4. The van der Waals surface area contributed by atoms with E-state index in [1.165, 1.54) is 19.4 Å². The predicted molar refractivity (Wildman–Crippen MR) is 124 cm³/mol. The number of nitrogens with one attached hydrogen (secondary N) is 2. The highest BCUT2D eigenvalue weighted by Crippen LogP contribution is 2.23. The van der Waals surface area contributed by atoms with Crippen LogP contribution in [0.25, 0.3) is 0 Å². The van der Waals surface area contributed by atoms with E-state index >= 15 is 0 Å². The molecular weight excluding hydrogens is 433 g/mol. The Hall–Kier alpha value is -3.31. The van der Waals surface area contributed by atoms with Gasteiger partial charge in [-0.1, -0.05) is 18.2 Å². The molecule has 0 bridgehead atoms. The minimum Gasteiger partial charge on any atom is -0.365 e. The minimum atomic E-state index is -3.48. The standard InChI is InChI=1S/C21H26FN7O2S/c1-14(23)15-6-8-18(9-7-15)27-21-26-13-17(11-22)19(28-21)25-12-16-5-4-10-24-20(16)29(2)32(3,30)31/h4-10,13-14H,11-12,23H2,1-3H3,(H2,25,26,27,28)/t14-/m1/s1. The average Bonchev–Trinajstić information content (AvgIpc) is 2.77. The number of anilines is 4. The van der Waals surface area contributed by atoms with Crippen LogP contribution in [-0.4, -0.2) is 36.7 Å². The van der Waals surface area contributed by atoms with Gasteiger partial charge in [0.15, 0.2) is 0 Å². The molecule has 32 heavy (non-hydrogen) atoms. The van der Waals surface area contributed by atoms with Crippen molar-refractivity contribution in [3.05, 3.63) is 65.5 Å². The molecule has 3 aromatic rings. The summed E-state index contributed by atoms with van der Waals surface area (Å²) >= 11 is 0. The fourth-order valence-electron chi connectivity index (χ4n) is 2.90. The SMILES string of the molecule is C[C@@H](N)c1ccc(Nc2ncc(CF)c(NCc3cccnc3N(C)S(C)(=O)=O)n2)cc1. The normalized spacial score (nSPS) is 12.3. The zero-order chi connectivity index (χ0) is 23.3. The zero-order valence-electron chi connectivity index (χ0n) is 18.1. The molecule has 1 atom stereocenters. The van der Waals surface area contributed by atoms with Crippen LogP contribution in [0, 0.1) is 0 Å². The first-order valence-corrected chi connectivity index (χ1v) is 11.7. The number of hydrogen-bond donors (Lipinski definition) is 3. The van der Waals surface area contributed by atoms with E-state index in [-0.39, 0.29) is 29.9 Å². The van der Waals surface area contributed by atoms with Crippen LogP contribution in [-0.2, 0) is 23.2 Å². The van der Waals surface area contributed by atoms with Gasteiger partial charge < -0.3 is 16.4 Å². The van der Waals surface area contributed by atoms with Crippen LogP contribution in [0.1, 0.15) is 29.7 Å². The minimum absolute atomic E-state index is 0.0703. The lowest BCUT2D eigenvalue weighted by Gasteiger charge is -2.19. The van der Waals surface area contributed by atoms with Crippen LogP contribution in [0.5, 0.6) is 0 Å². The second-order valence-corrected chi connectivity index (χ2v) is 9.32. The van der Waals surface area contributed by atoms with E-state index in [4.69, 9.17) is 5.73 Å². The molecule has 0 radical (unpaired) electrons. The van der Waals surface area contributed by atoms with Crippen molar-refractivity contribution in [2.75, 3.05) is 28.2 Å². The highest BCUT2D eigenvalue weighted by molar-refractivity contribution is 7.92. The van der Waals surface area contributed by atoms with Crippen molar-refractivity contribution in [1.82, 2.24) is 15.0 Å². The van der Waals surface area contributed by atoms with Gasteiger partial charge in [0.05, 0.1) is 6.26 Å². The maximum absolute atomic E-state index is 13.5. The number of pyridine rings is 1. The maximum Gasteiger partial charge on any atom is 0.233 e. The molecule has 2 aromatic heterocycles. The summed E-state index contributed by atoms with van der Waals surface area (Å²) in [6.07, 6.45) is 4.01. The molecular formula is C21H26FN7O2S. The van der Waals surface area contributed by atoms with Crippen molar-refractivity contribution in [2.24, 2.45) is 5.73 Å². The van der Waals surface area contributed by atoms with Crippen molar-refractivity contribution in [1.29, 1.82) is 0 Å². The lowest BCUT2D eigenvalue weighted by Crippen LogP contribution is -2.27. The molecule has 0 saturated carbocycles. The van der Waals surface area contributed by atoms with Crippen molar-refractivity contribution in [2.45, 2.75) is 26.2 Å². The van der Waals surface area contributed by atoms with Crippen LogP contribution < -0.4 is 20.7 Å². The molecule has 0 amide bonds. The largest absolute Gasteiger partial charge is 0.365 e. The number of hydrogen-bond acceptors (Lipinski definition) is 8. The summed E-state index contributed by atoms with van der Waals surface area (Å²) in [5.74, 6) is 0.873. The Labute approximate surface area is 187 Å². The molecule has 0 spiro atoms. The first-order chi connectivity index (χ1) is 15.2. The van der Waals surface area contributed by atoms with Crippen molar-refractivity contribution in [3.63, 3.8) is 0 Å². The Morgan fingerprint density at radius 2 is 1.88 bits per heavy atom. The molecule has 0 fully saturated rings. The predicted octanol–water partition coefficient (Wildman–Crippen LogP) is 3.11. The van der Waals surface area contributed by atoms with Gasteiger partial charge in [-0.2, -0.15) is 4.98 Å². The summed E-state index contributed by atoms with van der Waals surface area (Å²) in [6, 6.07) is 10.9. The Morgan fingerprint density at radius 3 is 2.50 bits per heavy atom. The highest BCUT2D eigenvalue weighted by Gasteiger charge is 2.17. The Kier molecular flexibility index (Phi) is 7.21. The third kappa shape index (κ3) is 5.68. The molecule has 170 valence electrons. The lowest BCUT2D eigenvalue weighted by atomic mass is 10.1. The molecule has 3 rings (SSSR count). The third-order valence-electron chi connectivity index (χ3n) is 4.81. The molecule has 2 heterocycles. The lowest BCUT2D eigenvalue weighted by molar-refractivity contribution is 0.484. The highest BCUT2D eigenvalue weighted by atomic mass is 32.2. The van der Waals surface area contributed by atoms with E-state index in [1.54, 1.807) is 12.1 Å². The van der Waals surface area contributed by atoms with Crippen LogP contribution in [0.2, 0.25) is 0 Å². The summed E-state index contributed by atoms with van der Waals surface area (Å²) in [4.78, 5) is 12.7. The maximum atomic E-state index is 13.5. The molecule has 0 saturated heterocycles. The molecule has 0 aliphatic carbocycles. The number of alkyl halides is 1. The van der Waals surface area contributed by atoms with Gasteiger partial charge in [0.25, 0.3) is 0 Å². The zero-order valence-corrected chi connectivity index (χ0v) is 18.9. The average molecular weight is 460 g/mol. The first-order valence-electron chi connectivity index (χ1n) is 9.85. The van der Waals surface area contributed by atoms with Gasteiger partial charge in [-0.05, 0) is 30.7 Å². The Bertz CT molecular complexity index is 1170. The molecule has 0 aliphatic heterocycles. The van der Waals surface area contributed by atoms with E-state index in [0.29, 0.717) is 11.4 Å². The molecule has 9 nitrogen and oxygen atoms in total. The van der Waals surface area contributed by atoms with E-state index in [2.05, 4.69) is 25.6 Å². The molecule has 11 heteroatoms. The number of benzene rings is 1. The molecule has 0 aliphatic rings. The van der Waals surface area contributed by atoms with E-state index in [0.717, 1.165) is 21.8 Å². The van der Waals surface area contributed by atoms with Crippen molar-refractivity contribution < 1.29 is 12.8 Å². The summed E-state index contributed by atoms with van der Waals surface area (Å²) in [5, 5.41) is 6.15. The number of nitrogens with two attached hydrogens (primary N) is 1. The Morgan fingerprint density at radius 1 is 1.16 bits per heavy atom. The van der Waals surface area contributed by atoms with Gasteiger partial charge in [0.1, 0.15) is 18.3 Å². The van der Waals surface area contributed by atoms with Gasteiger partial charge >= 0.3 is 0 Å². The monoisotopic (exact) mass is 459 g/mol. The molecule has 4 N–H and O–H groups in total. The number of halogens is 1. The summed E-state index contributed by atoms with van der Waals surface area (Å²) in [5.41, 5.74) is 8.53. The van der Waals surface area contributed by atoms with E-state index in [9.17, 15) is 12.8 Å². The number of rotatable bonds is 9. The Balaban J connectivity index is 1.80. The van der Waals surface area contributed by atoms with Crippen molar-refractivity contribution >= 4 is 33.3 Å². The number of sulfonamides is 1. The fraction of sp³-hybridized carbons (Fsp3) is 0.286. The molecule has 1 aromatic carbocycles. The smallest absolute Gasteiger partial charge is 0.233 e. The third-order valence-corrected chi connectivity index (χ3v) is 5.98. The summed E-state index contributed by atoms with van der Waals surface area (Å²) in [7, 11) is -2.06. The van der Waals surface area contributed by atoms with Gasteiger partial charge in [0, 0.05) is 48.8 Å². The van der Waals surface area contributed by atoms with Gasteiger partial charge in [-0.25, -0.2) is 22.8 Å². The van der Waals surface area contributed by atoms with Crippen LogP contribution in [0.15, 0.2) is 48.8 Å². The van der Waals surface area contributed by atoms with Crippen LogP contribution in [0.3, 0.4) is 0 Å². The van der Waals surface area contributed by atoms with Gasteiger partial charge in [0.2, 0.25) is 16.0 Å². The van der Waals surface area contributed by atoms with E-state index in [1.807, 2.05) is 31.2 Å². The van der Waals surface area contributed by atoms with Crippen LogP contribution in [0.4, 0.5) is 27.7 Å².